The zero-order valence-electron chi connectivity index (χ0n) is 10.9. The molecular weight excluding hydrogens is 226 g/mol. The van der Waals surface area contributed by atoms with Crippen LogP contribution < -0.4 is 5.73 Å². The summed E-state index contributed by atoms with van der Waals surface area (Å²) in [4.78, 5) is 1.40. The van der Waals surface area contributed by atoms with Crippen LogP contribution in [0.5, 0.6) is 0 Å². The smallest absolute Gasteiger partial charge is 0.0240 e. The number of benzene rings is 1. The number of thioether (sulfide) groups is 1. The largest absolute Gasteiger partial charge is 0.329 e. The first-order valence-corrected chi connectivity index (χ1v) is 7.57. The Morgan fingerprint density at radius 3 is 2.53 bits per heavy atom. The van der Waals surface area contributed by atoms with Gasteiger partial charge in [0.05, 0.1) is 0 Å². The summed E-state index contributed by atoms with van der Waals surface area (Å²) in [5, 5.41) is 0.539. The molecule has 1 nitrogen and oxygen atoms in total. The Bertz CT molecular complexity index is 373. The predicted molar refractivity (Wildman–Crippen MR) is 76.6 cm³/mol. The lowest BCUT2D eigenvalue weighted by molar-refractivity contribution is 0.613. The lowest BCUT2D eigenvalue weighted by atomic mass is 9.92. The van der Waals surface area contributed by atoms with Gasteiger partial charge in [-0.05, 0) is 54.9 Å². The van der Waals surface area contributed by atoms with E-state index in [2.05, 4.69) is 32.0 Å². The summed E-state index contributed by atoms with van der Waals surface area (Å²) in [5.41, 5.74) is 8.97. The highest BCUT2D eigenvalue weighted by molar-refractivity contribution is 8.00. The van der Waals surface area contributed by atoms with Crippen LogP contribution in [-0.2, 0) is 12.8 Å². The molecule has 1 atom stereocenters. The fourth-order valence-electron chi connectivity index (χ4n) is 2.41. The van der Waals surface area contributed by atoms with Crippen LogP contribution in [0.15, 0.2) is 23.1 Å². The Morgan fingerprint density at radius 2 is 1.88 bits per heavy atom. The van der Waals surface area contributed by atoms with Gasteiger partial charge in [0.15, 0.2) is 0 Å². The van der Waals surface area contributed by atoms with Gasteiger partial charge in [-0.3, -0.25) is 0 Å². The van der Waals surface area contributed by atoms with Gasteiger partial charge in [0.25, 0.3) is 0 Å². The Balaban J connectivity index is 2.11. The molecule has 0 heterocycles. The highest BCUT2D eigenvalue weighted by Crippen LogP contribution is 2.31. The molecule has 1 aliphatic carbocycles. The maximum atomic E-state index is 5.84. The summed E-state index contributed by atoms with van der Waals surface area (Å²) in [6.45, 7) is 5.27. The summed E-state index contributed by atoms with van der Waals surface area (Å²) < 4.78 is 0. The molecule has 0 fully saturated rings. The van der Waals surface area contributed by atoms with E-state index in [0.29, 0.717) is 11.2 Å². The Morgan fingerprint density at radius 1 is 1.18 bits per heavy atom. The number of rotatable bonds is 4. The van der Waals surface area contributed by atoms with E-state index in [1.54, 1.807) is 11.1 Å². The average Bonchev–Trinajstić information content (AvgIpc) is 2.35. The second kappa shape index (κ2) is 5.92. The Kier molecular flexibility index (Phi) is 4.52. The second-order valence-electron chi connectivity index (χ2n) is 5.27. The minimum atomic E-state index is 0.539. The number of aryl methyl sites for hydroxylation is 2. The van der Waals surface area contributed by atoms with Crippen LogP contribution in [0, 0.1) is 5.92 Å². The van der Waals surface area contributed by atoms with E-state index in [1.165, 1.54) is 30.6 Å². The van der Waals surface area contributed by atoms with Gasteiger partial charge in [0, 0.05) is 16.7 Å². The summed E-state index contributed by atoms with van der Waals surface area (Å²) in [6, 6.07) is 6.99. The van der Waals surface area contributed by atoms with Gasteiger partial charge in [-0.2, -0.15) is 0 Å². The lowest BCUT2D eigenvalue weighted by Gasteiger charge is -2.20. The monoisotopic (exact) mass is 249 g/mol. The lowest BCUT2D eigenvalue weighted by Crippen LogP contribution is -2.22. The van der Waals surface area contributed by atoms with Crippen molar-refractivity contribution in [1.82, 2.24) is 0 Å². The van der Waals surface area contributed by atoms with Crippen molar-refractivity contribution < 1.29 is 0 Å². The van der Waals surface area contributed by atoms with Crippen LogP contribution in [0.2, 0.25) is 0 Å². The van der Waals surface area contributed by atoms with Gasteiger partial charge < -0.3 is 5.73 Å². The first kappa shape index (κ1) is 13.0. The van der Waals surface area contributed by atoms with E-state index >= 15 is 0 Å². The highest BCUT2D eigenvalue weighted by Gasteiger charge is 2.15. The zero-order chi connectivity index (χ0) is 12.3. The van der Waals surface area contributed by atoms with E-state index in [1.807, 2.05) is 11.8 Å². The first-order valence-electron chi connectivity index (χ1n) is 6.69. The Hall–Kier alpha value is -0.470. The maximum Gasteiger partial charge on any atom is 0.0240 e. The van der Waals surface area contributed by atoms with Crippen LogP contribution in [0.4, 0.5) is 0 Å². The SMILES string of the molecule is CC(C)C(CN)Sc1ccc2c(c1)CCCC2. The first-order chi connectivity index (χ1) is 8.20. The van der Waals surface area contributed by atoms with Crippen molar-refractivity contribution >= 4 is 11.8 Å². The molecule has 0 amide bonds. The molecule has 0 aromatic heterocycles. The molecule has 0 saturated heterocycles. The van der Waals surface area contributed by atoms with Crippen molar-refractivity contribution in [2.75, 3.05) is 6.54 Å². The van der Waals surface area contributed by atoms with E-state index in [-0.39, 0.29) is 0 Å². The van der Waals surface area contributed by atoms with Crippen LogP contribution in [0.3, 0.4) is 0 Å². The second-order valence-corrected chi connectivity index (χ2v) is 6.59. The minimum absolute atomic E-state index is 0.539. The number of fused-ring (bicyclic) bond motifs is 1. The van der Waals surface area contributed by atoms with Crippen molar-refractivity contribution in [2.45, 2.75) is 49.7 Å². The quantitative estimate of drug-likeness (QED) is 0.824. The molecule has 2 rings (SSSR count). The van der Waals surface area contributed by atoms with Crippen molar-refractivity contribution in [3.8, 4) is 0 Å². The summed E-state index contributed by atoms with van der Waals surface area (Å²) in [7, 11) is 0. The summed E-state index contributed by atoms with van der Waals surface area (Å²) in [5.74, 6) is 0.640. The molecule has 1 aromatic carbocycles. The molecule has 94 valence electrons. The number of hydrogen-bond acceptors (Lipinski definition) is 2. The van der Waals surface area contributed by atoms with E-state index < -0.39 is 0 Å². The van der Waals surface area contributed by atoms with Crippen LogP contribution in [0.1, 0.15) is 37.8 Å². The van der Waals surface area contributed by atoms with Gasteiger partial charge >= 0.3 is 0 Å². The molecule has 0 saturated carbocycles. The predicted octanol–water partition coefficient (Wildman–Crippen LogP) is 3.64. The standard InChI is InChI=1S/C15H23NS/c1-11(2)15(10-16)17-14-8-7-12-5-3-4-6-13(12)9-14/h7-9,11,15H,3-6,10,16H2,1-2H3. The van der Waals surface area contributed by atoms with E-state index in [0.717, 1.165) is 6.54 Å². The molecule has 0 aliphatic heterocycles. The normalized spacial score (nSPS) is 16.9. The fourth-order valence-corrected chi connectivity index (χ4v) is 3.49. The van der Waals surface area contributed by atoms with E-state index in [4.69, 9.17) is 5.73 Å². The Labute approximate surface area is 109 Å². The van der Waals surface area contributed by atoms with Crippen LogP contribution >= 0.6 is 11.8 Å². The van der Waals surface area contributed by atoms with Crippen molar-refractivity contribution in [1.29, 1.82) is 0 Å². The molecular formula is C15H23NS. The molecule has 2 N–H and O–H groups in total. The molecule has 1 unspecified atom stereocenters. The molecule has 2 heteroatoms. The van der Waals surface area contributed by atoms with Crippen LogP contribution in [0.25, 0.3) is 0 Å². The van der Waals surface area contributed by atoms with Crippen molar-refractivity contribution in [3.63, 3.8) is 0 Å². The van der Waals surface area contributed by atoms with Gasteiger partial charge in [-0.15, -0.1) is 11.8 Å². The molecule has 0 bridgehead atoms. The van der Waals surface area contributed by atoms with Gasteiger partial charge in [-0.1, -0.05) is 19.9 Å². The highest BCUT2D eigenvalue weighted by atomic mass is 32.2. The summed E-state index contributed by atoms with van der Waals surface area (Å²) >= 11 is 1.94. The molecule has 0 radical (unpaired) electrons. The topological polar surface area (TPSA) is 26.0 Å². The van der Waals surface area contributed by atoms with Crippen LogP contribution in [-0.4, -0.2) is 11.8 Å². The van der Waals surface area contributed by atoms with Crippen molar-refractivity contribution in [2.24, 2.45) is 11.7 Å². The minimum Gasteiger partial charge on any atom is -0.329 e. The van der Waals surface area contributed by atoms with E-state index in [9.17, 15) is 0 Å². The number of nitrogens with two attached hydrogens (primary N) is 1. The maximum absolute atomic E-state index is 5.84. The molecule has 0 spiro atoms. The van der Waals surface area contributed by atoms with Gasteiger partial charge in [0.1, 0.15) is 0 Å². The molecule has 1 aliphatic rings. The molecule has 17 heavy (non-hydrogen) atoms. The van der Waals surface area contributed by atoms with Gasteiger partial charge in [0.2, 0.25) is 0 Å². The zero-order valence-corrected chi connectivity index (χ0v) is 11.7. The third-order valence-corrected chi connectivity index (χ3v) is 5.15. The molecule has 1 aromatic rings. The van der Waals surface area contributed by atoms with Gasteiger partial charge in [-0.25, -0.2) is 0 Å². The van der Waals surface area contributed by atoms with Crippen molar-refractivity contribution in [3.05, 3.63) is 29.3 Å². The number of hydrogen-bond donors (Lipinski definition) is 1. The average molecular weight is 249 g/mol. The third kappa shape index (κ3) is 3.26. The third-order valence-electron chi connectivity index (χ3n) is 3.58. The summed E-state index contributed by atoms with van der Waals surface area (Å²) in [6.07, 6.45) is 5.24. The fraction of sp³-hybridized carbons (Fsp3) is 0.600.